The van der Waals surface area contributed by atoms with E-state index in [1.54, 1.807) is 12.1 Å². The number of likely N-dealkylation sites (N-methyl/N-ethyl adjacent to an activating group) is 1. The van der Waals surface area contributed by atoms with E-state index in [-0.39, 0.29) is 16.9 Å². The fourth-order valence-corrected chi connectivity index (χ4v) is 2.95. The zero-order valence-corrected chi connectivity index (χ0v) is 13.8. The fourth-order valence-electron chi connectivity index (χ4n) is 2.25. The Labute approximate surface area is 136 Å². The second-order valence-corrected chi connectivity index (χ2v) is 6.09. The minimum absolute atomic E-state index is 0.0539. The summed E-state index contributed by atoms with van der Waals surface area (Å²) in [5.74, 6) is -0.726. The van der Waals surface area contributed by atoms with Gasteiger partial charge in [-0.3, -0.25) is 0 Å². The highest BCUT2D eigenvalue weighted by molar-refractivity contribution is 9.10. The summed E-state index contributed by atoms with van der Waals surface area (Å²) in [7, 11) is 0. The van der Waals surface area contributed by atoms with Gasteiger partial charge < -0.3 is 5.32 Å². The highest BCUT2D eigenvalue weighted by Crippen LogP contribution is 2.25. The summed E-state index contributed by atoms with van der Waals surface area (Å²) >= 11 is 9.13. The number of halogens is 4. The Morgan fingerprint density at radius 2 is 1.95 bits per heavy atom. The lowest BCUT2D eigenvalue weighted by atomic mass is 9.98. The summed E-state index contributed by atoms with van der Waals surface area (Å²) in [6.45, 7) is 2.73. The van der Waals surface area contributed by atoms with Crippen LogP contribution in [-0.4, -0.2) is 6.54 Å². The van der Waals surface area contributed by atoms with Crippen LogP contribution in [0.3, 0.4) is 0 Å². The van der Waals surface area contributed by atoms with Crippen LogP contribution in [-0.2, 0) is 6.42 Å². The quantitative estimate of drug-likeness (QED) is 0.751. The molecule has 0 aliphatic heterocycles. The van der Waals surface area contributed by atoms with E-state index in [0.717, 1.165) is 17.7 Å². The molecule has 2 rings (SSSR count). The summed E-state index contributed by atoms with van der Waals surface area (Å²) in [6.07, 6.45) is 0.589. The van der Waals surface area contributed by atoms with Crippen LogP contribution in [0.4, 0.5) is 8.78 Å². The van der Waals surface area contributed by atoms with Gasteiger partial charge in [-0.2, -0.15) is 0 Å². The van der Waals surface area contributed by atoms with Crippen molar-refractivity contribution in [3.05, 3.63) is 68.7 Å². The maximum atomic E-state index is 13.5. The van der Waals surface area contributed by atoms with E-state index in [1.807, 2.05) is 13.0 Å². The van der Waals surface area contributed by atoms with E-state index < -0.39 is 5.82 Å². The minimum Gasteiger partial charge on any atom is -0.310 e. The Morgan fingerprint density at radius 3 is 2.57 bits per heavy atom. The average molecular weight is 375 g/mol. The van der Waals surface area contributed by atoms with Crippen molar-refractivity contribution in [2.75, 3.05) is 6.54 Å². The average Bonchev–Trinajstić information content (AvgIpc) is 2.40. The molecule has 0 heterocycles. The standard InChI is InChI=1S/C16H15BrClF2N/c1-2-21-16(11-3-4-15(20)14(18)8-11)7-10-5-12(17)9-13(19)6-10/h3-6,8-9,16,21H,2,7H2,1H3. The third kappa shape index (κ3) is 4.50. The summed E-state index contributed by atoms with van der Waals surface area (Å²) in [4.78, 5) is 0. The molecule has 2 aromatic rings. The molecule has 0 bridgehead atoms. The number of benzene rings is 2. The number of hydrogen-bond acceptors (Lipinski definition) is 1. The third-order valence-corrected chi connectivity index (χ3v) is 3.91. The maximum absolute atomic E-state index is 13.5. The molecular formula is C16H15BrClF2N. The van der Waals surface area contributed by atoms with Gasteiger partial charge in [-0.05, 0) is 54.4 Å². The molecule has 0 spiro atoms. The largest absolute Gasteiger partial charge is 0.310 e. The summed E-state index contributed by atoms with van der Waals surface area (Å²) in [5, 5.41) is 3.41. The van der Waals surface area contributed by atoms with Gasteiger partial charge in [-0.1, -0.05) is 40.5 Å². The van der Waals surface area contributed by atoms with Crippen molar-refractivity contribution < 1.29 is 8.78 Å². The summed E-state index contributed by atoms with van der Waals surface area (Å²) < 4.78 is 27.4. The van der Waals surface area contributed by atoms with Crippen molar-refractivity contribution in [2.45, 2.75) is 19.4 Å². The van der Waals surface area contributed by atoms with Crippen molar-refractivity contribution in [2.24, 2.45) is 0 Å². The number of rotatable bonds is 5. The van der Waals surface area contributed by atoms with Gasteiger partial charge in [0.1, 0.15) is 11.6 Å². The van der Waals surface area contributed by atoms with Crippen LogP contribution in [0, 0.1) is 11.6 Å². The van der Waals surface area contributed by atoms with Crippen molar-refractivity contribution in [3.63, 3.8) is 0 Å². The smallest absolute Gasteiger partial charge is 0.141 e. The second-order valence-electron chi connectivity index (χ2n) is 4.77. The zero-order valence-electron chi connectivity index (χ0n) is 11.5. The minimum atomic E-state index is -0.441. The van der Waals surface area contributed by atoms with Gasteiger partial charge in [-0.25, -0.2) is 8.78 Å². The van der Waals surface area contributed by atoms with Crippen molar-refractivity contribution >= 4 is 27.5 Å². The molecule has 0 fully saturated rings. The first kappa shape index (κ1) is 16.4. The molecule has 0 aliphatic rings. The highest BCUT2D eigenvalue weighted by Gasteiger charge is 2.14. The molecule has 0 saturated carbocycles. The predicted molar refractivity (Wildman–Crippen MR) is 85.6 cm³/mol. The van der Waals surface area contributed by atoms with Crippen molar-refractivity contribution in [1.82, 2.24) is 5.32 Å². The molecule has 21 heavy (non-hydrogen) atoms. The Morgan fingerprint density at radius 1 is 1.19 bits per heavy atom. The summed E-state index contributed by atoms with van der Waals surface area (Å²) in [5.41, 5.74) is 1.73. The molecule has 112 valence electrons. The van der Waals surface area contributed by atoms with E-state index in [0.29, 0.717) is 10.9 Å². The van der Waals surface area contributed by atoms with Crippen LogP contribution in [0.1, 0.15) is 24.1 Å². The fraction of sp³-hybridized carbons (Fsp3) is 0.250. The molecule has 1 N–H and O–H groups in total. The molecule has 5 heteroatoms. The molecule has 0 amide bonds. The Kier molecular flexibility index (Phi) is 5.73. The summed E-state index contributed by atoms with van der Waals surface area (Å²) in [6, 6.07) is 9.39. The monoisotopic (exact) mass is 373 g/mol. The third-order valence-electron chi connectivity index (χ3n) is 3.16. The molecule has 0 saturated heterocycles. The van der Waals surface area contributed by atoms with Gasteiger partial charge in [0.2, 0.25) is 0 Å². The van der Waals surface area contributed by atoms with E-state index in [9.17, 15) is 8.78 Å². The molecule has 2 aromatic carbocycles. The van der Waals surface area contributed by atoms with E-state index >= 15 is 0 Å². The molecule has 1 nitrogen and oxygen atoms in total. The molecular weight excluding hydrogens is 360 g/mol. The Balaban J connectivity index is 2.27. The second kappa shape index (κ2) is 7.34. The first-order valence-corrected chi connectivity index (χ1v) is 7.80. The van der Waals surface area contributed by atoms with Crippen molar-refractivity contribution in [1.29, 1.82) is 0 Å². The topological polar surface area (TPSA) is 12.0 Å². The normalized spacial score (nSPS) is 12.4. The maximum Gasteiger partial charge on any atom is 0.141 e. The van der Waals surface area contributed by atoms with E-state index in [4.69, 9.17) is 11.6 Å². The van der Waals surface area contributed by atoms with Crippen LogP contribution in [0.5, 0.6) is 0 Å². The lowest BCUT2D eigenvalue weighted by molar-refractivity contribution is 0.544. The first-order chi connectivity index (χ1) is 9.99. The molecule has 1 unspecified atom stereocenters. The van der Waals surface area contributed by atoms with E-state index in [1.165, 1.54) is 18.2 Å². The van der Waals surface area contributed by atoms with Gasteiger partial charge in [-0.15, -0.1) is 0 Å². The zero-order chi connectivity index (χ0) is 15.4. The first-order valence-electron chi connectivity index (χ1n) is 6.63. The van der Waals surface area contributed by atoms with Crippen LogP contribution in [0.25, 0.3) is 0 Å². The lowest BCUT2D eigenvalue weighted by Crippen LogP contribution is -2.23. The Hall–Kier alpha value is -0.970. The molecule has 0 radical (unpaired) electrons. The van der Waals surface area contributed by atoms with E-state index in [2.05, 4.69) is 21.2 Å². The molecule has 0 aromatic heterocycles. The highest BCUT2D eigenvalue weighted by atomic mass is 79.9. The van der Waals surface area contributed by atoms with Crippen LogP contribution < -0.4 is 5.32 Å². The van der Waals surface area contributed by atoms with Gasteiger partial charge in [0.05, 0.1) is 5.02 Å². The number of hydrogen-bond donors (Lipinski definition) is 1. The Bertz CT molecular complexity index is 613. The number of nitrogens with one attached hydrogen (secondary N) is 1. The van der Waals surface area contributed by atoms with Crippen LogP contribution >= 0.6 is 27.5 Å². The van der Waals surface area contributed by atoms with Crippen molar-refractivity contribution in [3.8, 4) is 0 Å². The predicted octanol–water partition coefficient (Wildman–Crippen LogP) is 5.27. The van der Waals surface area contributed by atoms with Crippen LogP contribution in [0.15, 0.2) is 40.9 Å². The SMILES string of the molecule is CCNC(Cc1cc(F)cc(Br)c1)c1ccc(F)c(Cl)c1. The molecule has 0 aliphatic carbocycles. The van der Waals surface area contributed by atoms with Gasteiger partial charge in [0.25, 0.3) is 0 Å². The van der Waals surface area contributed by atoms with Gasteiger partial charge in [0, 0.05) is 10.5 Å². The van der Waals surface area contributed by atoms with Gasteiger partial charge >= 0.3 is 0 Å². The molecule has 1 atom stereocenters. The van der Waals surface area contributed by atoms with Crippen LogP contribution in [0.2, 0.25) is 5.02 Å². The lowest BCUT2D eigenvalue weighted by Gasteiger charge is -2.19. The van der Waals surface area contributed by atoms with Gasteiger partial charge in [0.15, 0.2) is 0 Å².